The number of nitrogens with zero attached hydrogens (tertiary/aromatic N) is 2. The predicted molar refractivity (Wildman–Crippen MR) is 78.5 cm³/mol. The van der Waals surface area contributed by atoms with Crippen LogP contribution in [0.15, 0.2) is 12.2 Å². The van der Waals surface area contributed by atoms with E-state index >= 15 is 0 Å². The van der Waals surface area contributed by atoms with E-state index in [2.05, 4.69) is 0 Å². The largest absolute Gasteiger partial charge is 0.336 e. The first-order chi connectivity index (χ1) is 11.5. The summed E-state index contributed by atoms with van der Waals surface area (Å²) in [6.45, 7) is 0.357. The van der Waals surface area contributed by atoms with E-state index < -0.39 is 17.8 Å². The highest BCUT2D eigenvalue weighted by Gasteiger charge is 2.36. The van der Waals surface area contributed by atoms with Gasteiger partial charge in [0.2, 0.25) is 0 Å². The summed E-state index contributed by atoms with van der Waals surface area (Å²) in [5.41, 5.74) is 0. The normalized spacial score (nSPS) is 27.3. The van der Waals surface area contributed by atoms with Gasteiger partial charge in [-0.1, -0.05) is 0 Å². The lowest BCUT2D eigenvalue weighted by Gasteiger charge is -2.29. The standard InChI is InChI=1S/C16H18N2O6/c19-12-5-6-13(20)17(12)9-10-1-3-11(4-2-10)16(23)24-18-14(21)7-8-15(18)22/h5-6,10-11H,1-4,7-9H2/t10-,11-. The van der Waals surface area contributed by atoms with E-state index in [4.69, 9.17) is 4.84 Å². The molecule has 3 rings (SSSR count). The fourth-order valence-corrected chi connectivity index (χ4v) is 3.27. The zero-order chi connectivity index (χ0) is 17.3. The average molecular weight is 334 g/mol. The van der Waals surface area contributed by atoms with Gasteiger partial charge in [0.05, 0.1) is 5.92 Å². The van der Waals surface area contributed by atoms with Crippen LogP contribution < -0.4 is 0 Å². The quantitative estimate of drug-likeness (QED) is 0.687. The molecule has 0 spiro atoms. The van der Waals surface area contributed by atoms with Crippen molar-refractivity contribution in [2.75, 3.05) is 6.54 Å². The Kier molecular flexibility index (Phi) is 4.46. The summed E-state index contributed by atoms with van der Waals surface area (Å²) in [5.74, 6) is -2.35. The smallest absolute Gasteiger partial charge is 0.330 e. The third-order valence-electron chi connectivity index (χ3n) is 4.71. The van der Waals surface area contributed by atoms with Crippen LogP contribution in [-0.2, 0) is 28.8 Å². The monoisotopic (exact) mass is 334 g/mol. The summed E-state index contributed by atoms with van der Waals surface area (Å²) in [6, 6.07) is 0. The lowest BCUT2D eigenvalue weighted by Crippen LogP contribution is -2.38. The number of rotatable bonds is 4. The first kappa shape index (κ1) is 16.4. The number of hydrogen-bond donors (Lipinski definition) is 0. The van der Waals surface area contributed by atoms with Gasteiger partial charge in [-0.3, -0.25) is 24.1 Å². The first-order valence-corrected chi connectivity index (χ1v) is 8.07. The van der Waals surface area contributed by atoms with Gasteiger partial charge in [0, 0.05) is 31.5 Å². The van der Waals surface area contributed by atoms with Crippen molar-refractivity contribution in [1.82, 2.24) is 9.96 Å². The molecule has 0 aromatic carbocycles. The van der Waals surface area contributed by atoms with Gasteiger partial charge in [-0.25, -0.2) is 4.79 Å². The summed E-state index contributed by atoms with van der Waals surface area (Å²) >= 11 is 0. The lowest BCUT2D eigenvalue weighted by atomic mass is 9.82. The molecule has 2 heterocycles. The zero-order valence-corrected chi connectivity index (χ0v) is 13.1. The molecular weight excluding hydrogens is 316 g/mol. The Balaban J connectivity index is 1.47. The van der Waals surface area contributed by atoms with Gasteiger partial charge < -0.3 is 4.84 Å². The Morgan fingerprint density at radius 1 is 0.958 bits per heavy atom. The molecule has 0 aromatic rings. The van der Waals surface area contributed by atoms with Crippen molar-refractivity contribution >= 4 is 29.6 Å². The van der Waals surface area contributed by atoms with Crippen molar-refractivity contribution in [3.05, 3.63) is 12.2 Å². The summed E-state index contributed by atoms with van der Waals surface area (Å²) in [5, 5.41) is 0.571. The van der Waals surface area contributed by atoms with Gasteiger partial charge >= 0.3 is 5.97 Å². The zero-order valence-electron chi connectivity index (χ0n) is 13.1. The van der Waals surface area contributed by atoms with E-state index in [0.29, 0.717) is 37.3 Å². The minimum Gasteiger partial charge on any atom is -0.330 e. The molecule has 3 aliphatic rings. The van der Waals surface area contributed by atoms with Crippen molar-refractivity contribution in [2.45, 2.75) is 38.5 Å². The Morgan fingerprint density at radius 3 is 2.04 bits per heavy atom. The van der Waals surface area contributed by atoms with Crippen LogP contribution in [0.2, 0.25) is 0 Å². The number of hydrogen-bond acceptors (Lipinski definition) is 6. The molecule has 0 atom stereocenters. The van der Waals surface area contributed by atoms with Gasteiger partial charge in [0.1, 0.15) is 0 Å². The highest BCUT2D eigenvalue weighted by atomic mass is 16.7. The Bertz CT molecular complexity index is 598. The molecule has 2 fully saturated rings. The molecule has 0 aromatic heterocycles. The van der Waals surface area contributed by atoms with Gasteiger partial charge in [-0.2, -0.15) is 0 Å². The second kappa shape index (κ2) is 6.54. The second-order valence-corrected chi connectivity index (χ2v) is 6.33. The third-order valence-corrected chi connectivity index (χ3v) is 4.71. The molecule has 1 saturated heterocycles. The van der Waals surface area contributed by atoms with Crippen LogP contribution in [0.25, 0.3) is 0 Å². The summed E-state index contributed by atoms with van der Waals surface area (Å²) < 4.78 is 0. The average Bonchev–Trinajstić information content (AvgIpc) is 3.05. The number of amides is 4. The molecule has 128 valence electrons. The number of carbonyl (C=O) groups excluding carboxylic acids is 5. The molecule has 8 heteroatoms. The van der Waals surface area contributed by atoms with Gasteiger partial charge in [-0.15, -0.1) is 5.06 Å². The van der Waals surface area contributed by atoms with Crippen molar-refractivity contribution in [1.29, 1.82) is 0 Å². The van der Waals surface area contributed by atoms with Crippen molar-refractivity contribution in [2.24, 2.45) is 11.8 Å². The molecule has 1 saturated carbocycles. The Hall–Kier alpha value is -2.51. The molecule has 1 aliphatic carbocycles. The van der Waals surface area contributed by atoms with Crippen molar-refractivity contribution in [3.63, 3.8) is 0 Å². The van der Waals surface area contributed by atoms with Gasteiger partial charge in [-0.05, 0) is 31.6 Å². The maximum absolute atomic E-state index is 12.1. The molecule has 2 aliphatic heterocycles. The Morgan fingerprint density at radius 2 is 1.50 bits per heavy atom. The number of imide groups is 2. The Labute approximate surface area is 138 Å². The fourth-order valence-electron chi connectivity index (χ4n) is 3.27. The van der Waals surface area contributed by atoms with Crippen LogP contribution in [0, 0.1) is 11.8 Å². The molecule has 0 radical (unpaired) electrons. The van der Waals surface area contributed by atoms with Crippen molar-refractivity contribution < 1.29 is 28.8 Å². The van der Waals surface area contributed by atoms with Crippen LogP contribution >= 0.6 is 0 Å². The maximum Gasteiger partial charge on any atom is 0.336 e. The molecule has 0 bridgehead atoms. The number of carbonyl (C=O) groups is 5. The van der Waals surface area contributed by atoms with Gasteiger partial charge in [0.25, 0.3) is 23.6 Å². The van der Waals surface area contributed by atoms with Gasteiger partial charge in [0.15, 0.2) is 0 Å². The minimum atomic E-state index is -0.563. The summed E-state index contributed by atoms with van der Waals surface area (Å²) in [7, 11) is 0. The van der Waals surface area contributed by atoms with E-state index in [0.717, 1.165) is 0 Å². The minimum absolute atomic E-state index is 0.0742. The summed E-state index contributed by atoms with van der Waals surface area (Å²) in [4.78, 5) is 64.3. The van der Waals surface area contributed by atoms with Crippen molar-refractivity contribution in [3.8, 4) is 0 Å². The van der Waals surface area contributed by atoms with Crippen LogP contribution in [0.1, 0.15) is 38.5 Å². The highest BCUT2D eigenvalue weighted by Crippen LogP contribution is 2.31. The molecule has 4 amide bonds. The maximum atomic E-state index is 12.1. The number of hydroxylamine groups is 2. The SMILES string of the molecule is O=C1C=CC(=O)N1C[C@H]1CC[C@H](C(=O)ON2C(=O)CCC2=O)CC1. The van der Waals surface area contributed by atoms with E-state index in [1.54, 1.807) is 0 Å². The molecular formula is C16H18N2O6. The second-order valence-electron chi connectivity index (χ2n) is 6.33. The molecule has 8 nitrogen and oxygen atoms in total. The van der Waals surface area contributed by atoms with E-state index in [1.807, 2.05) is 0 Å². The molecule has 0 N–H and O–H groups in total. The fraction of sp³-hybridized carbons (Fsp3) is 0.562. The van der Waals surface area contributed by atoms with E-state index in [-0.39, 0.29) is 36.5 Å². The van der Waals surface area contributed by atoms with E-state index in [9.17, 15) is 24.0 Å². The third kappa shape index (κ3) is 3.22. The topological polar surface area (TPSA) is 101 Å². The molecule has 0 unspecified atom stereocenters. The van der Waals surface area contributed by atoms with Crippen LogP contribution in [-0.4, -0.2) is 46.1 Å². The predicted octanol–water partition coefficient (Wildman–Crippen LogP) is 0.325. The van der Waals surface area contributed by atoms with Crippen LogP contribution in [0.5, 0.6) is 0 Å². The highest BCUT2D eigenvalue weighted by molar-refractivity contribution is 6.12. The van der Waals surface area contributed by atoms with E-state index in [1.165, 1.54) is 17.1 Å². The first-order valence-electron chi connectivity index (χ1n) is 8.07. The molecule has 24 heavy (non-hydrogen) atoms. The lowest BCUT2D eigenvalue weighted by molar-refractivity contribution is -0.201. The van der Waals surface area contributed by atoms with Crippen LogP contribution in [0.4, 0.5) is 0 Å². The van der Waals surface area contributed by atoms with Crippen LogP contribution in [0.3, 0.4) is 0 Å². The summed E-state index contributed by atoms with van der Waals surface area (Å²) in [6.07, 6.45) is 5.12.